The van der Waals surface area contributed by atoms with Crippen LogP contribution in [0.3, 0.4) is 0 Å². The third kappa shape index (κ3) is 3.56. The number of hydrogen-bond acceptors (Lipinski definition) is 0. The van der Waals surface area contributed by atoms with Crippen LogP contribution in [0, 0.1) is 0 Å². The fraction of sp³-hybridized carbons (Fsp3) is 0. The highest BCUT2D eigenvalue weighted by atomic mass is 31.1. The van der Waals surface area contributed by atoms with Gasteiger partial charge in [0.15, 0.2) is 0 Å². The molecule has 5 aromatic rings. The molecule has 1 heterocycles. The van der Waals surface area contributed by atoms with Crippen molar-refractivity contribution in [3.8, 4) is 44.0 Å². The fourth-order valence-electron chi connectivity index (χ4n) is 4.30. The molecule has 0 bridgehead atoms. The summed E-state index contributed by atoms with van der Waals surface area (Å²) >= 11 is 0. The van der Waals surface area contributed by atoms with Crippen molar-refractivity contribution in [2.75, 3.05) is 0 Å². The first-order chi connectivity index (χ1) is 15.4. The Morgan fingerprint density at radius 3 is 1.00 bits per heavy atom. The normalized spacial score (nSPS) is 10.7. The van der Waals surface area contributed by atoms with Gasteiger partial charge >= 0.3 is 0 Å². The van der Waals surface area contributed by atoms with E-state index in [9.17, 15) is 0 Å². The Kier molecular flexibility index (Phi) is 5.40. The first-order valence-corrected chi connectivity index (χ1v) is 11.9. The molecule has 0 amide bonds. The van der Waals surface area contributed by atoms with E-state index in [1.807, 2.05) is 0 Å². The van der Waals surface area contributed by atoms with Gasteiger partial charge in [-0.2, -0.15) is 0 Å². The first-order valence-electron chi connectivity index (χ1n) is 10.5. The van der Waals surface area contributed by atoms with Gasteiger partial charge in [-0.3, -0.25) is 0 Å². The third-order valence-electron chi connectivity index (χ3n) is 5.61. The zero-order valence-electron chi connectivity index (χ0n) is 17.3. The van der Waals surface area contributed by atoms with Crippen molar-refractivity contribution in [2.24, 2.45) is 0 Å². The van der Waals surface area contributed by atoms with Crippen molar-refractivity contribution in [1.29, 1.82) is 0 Å². The van der Waals surface area contributed by atoms with Crippen molar-refractivity contribution in [3.05, 3.63) is 128 Å². The maximum Gasteiger partial charge on any atom is 0.0141 e. The largest absolute Gasteiger partial charge is 0.0947 e. The van der Waals surface area contributed by atoms with Crippen LogP contribution in [0.5, 0.6) is 0 Å². The average molecular weight is 414 g/mol. The van der Waals surface area contributed by atoms with Crippen LogP contribution in [0.1, 0.15) is 0 Å². The van der Waals surface area contributed by atoms with Crippen LogP contribution in [0.25, 0.3) is 49.8 Å². The van der Waals surface area contributed by atoms with Crippen molar-refractivity contribution >= 4 is 13.4 Å². The molecule has 0 nitrogen and oxygen atoms in total. The lowest BCUT2D eigenvalue weighted by Crippen LogP contribution is -1.85. The van der Waals surface area contributed by atoms with Crippen molar-refractivity contribution in [3.63, 3.8) is 0 Å². The first kappa shape index (κ1) is 19.4. The number of benzene rings is 4. The molecule has 0 N–H and O–H groups in total. The SMILES string of the molecule is C=Cp1c(-c2ccccc2)c(-c2ccccc2)c(-c2ccccc2)c1-c1ccccc1. The van der Waals surface area contributed by atoms with Crippen LogP contribution in [0.4, 0.5) is 0 Å². The van der Waals surface area contributed by atoms with Gasteiger partial charge in [0.05, 0.1) is 0 Å². The Labute approximate surface area is 185 Å². The lowest BCUT2D eigenvalue weighted by atomic mass is 9.91. The molecule has 0 fully saturated rings. The van der Waals surface area contributed by atoms with Gasteiger partial charge in [0.25, 0.3) is 0 Å². The Morgan fingerprint density at radius 2 is 0.710 bits per heavy atom. The van der Waals surface area contributed by atoms with Gasteiger partial charge in [0, 0.05) is 21.7 Å². The summed E-state index contributed by atoms with van der Waals surface area (Å²) in [5, 5.41) is 2.77. The van der Waals surface area contributed by atoms with Crippen molar-refractivity contribution in [2.45, 2.75) is 0 Å². The molecule has 0 aliphatic heterocycles. The van der Waals surface area contributed by atoms with Crippen molar-refractivity contribution in [1.82, 2.24) is 0 Å². The topological polar surface area (TPSA) is 0 Å². The highest BCUT2D eigenvalue weighted by Gasteiger charge is 2.25. The lowest BCUT2D eigenvalue weighted by Gasteiger charge is -2.11. The minimum absolute atomic E-state index is 0.725. The molecule has 0 saturated carbocycles. The van der Waals surface area contributed by atoms with E-state index in [2.05, 4.69) is 134 Å². The molecule has 148 valence electrons. The number of hydrogen-bond donors (Lipinski definition) is 0. The summed E-state index contributed by atoms with van der Waals surface area (Å²) in [6.07, 6.45) is 0. The monoisotopic (exact) mass is 414 g/mol. The molecular weight excluding hydrogens is 391 g/mol. The molecule has 1 aromatic heterocycles. The average Bonchev–Trinajstić information content (AvgIpc) is 3.21. The molecule has 4 aromatic carbocycles. The van der Waals surface area contributed by atoms with Gasteiger partial charge in [0.2, 0.25) is 0 Å². The van der Waals surface area contributed by atoms with Crippen LogP contribution in [-0.4, -0.2) is 0 Å². The van der Waals surface area contributed by atoms with Gasteiger partial charge in [0.1, 0.15) is 0 Å². The highest BCUT2D eigenvalue weighted by Crippen LogP contribution is 2.62. The molecule has 0 atom stereocenters. The van der Waals surface area contributed by atoms with E-state index in [1.54, 1.807) is 0 Å². The van der Waals surface area contributed by atoms with Crippen LogP contribution >= 0.6 is 7.53 Å². The van der Waals surface area contributed by atoms with Gasteiger partial charge in [-0.1, -0.05) is 135 Å². The van der Waals surface area contributed by atoms with Gasteiger partial charge in [-0.05, 0) is 28.1 Å². The smallest absolute Gasteiger partial charge is 0.0141 e. The zero-order valence-corrected chi connectivity index (χ0v) is 18.2. The van der Waals surface area contributed by atoms with Gasteiger partial charge < -0.3 is 0 Å². The van der Waals surface area contributed by atoms with E-state index in [4.69, 9.17) is 0 Å². The van der Waals surface area contributed by atoms with E-state index in [-0.39, 0.29) is 0 Å². The van der Waals surface area contributed by atoms with E-state index >= 15 is 0 Å². The standard InChI is InChI=1S/C30H23P/c1-2-31-29(25-19-11-5-12-20-25)27(23-15-7-3-8-16-23)28(24-17-9-4-10-18-24)30(31)26-21-13-6-14-22-26/h2-22H,1H2. The second-order valence-corrected chi connectivity index (χ2v) is 9.46. The van der Waals surface area contributed by atoms with E-state index in [1.165, 1.54) is 44.0 Å². The van der Waals surface area contributed by atoms with Crippen LogP contribution < -0.4 is 0 Å². The third-order valence-corrected chi connectivity index (χ3v) is 7.90. The zero-order chi connectivity index (χ0) is 21.0. The van der Waals surface area contributed by atoms with E-state index in [0.717, 1.165) is 0 Å². The van der Waals surface area contributed by atoms with E-state index in [0.29, 0.717) is 0 Å². The fourth-order valence-corrected chi connectivity index (χ4v) is 6.71. The van der Waals surface area contributed by atoms with Crippen LogP contribution in [0.15, 0.2) is 128 Å². The second kappa shape index (κ2) is 8.64. The summed E-state index contributed by atoms with van der Waals surface area (Å²) in [6.45, 7) is 4.31. The van der Waals surface area contributed by atoms with Gasteiger partial charge in [-0.25, -0.2) is 0 Å². The predicted octanol–water partition coefficient (Wildman–Crippen LogP) is 9.44. The Bertz CT molecular complexity index is 1200. The number of rotatable bonds is 5. The Morgan fingerprint density at radius 1 is 0.419 bits per heavy atom. The highest BCUT2D eigenvalue weighted by molar-refractivity contribution is 7.65. The molecule has 0 aliphatic rings. The van der Waals surface area contributed by atoms with Crippen LogP contribution in [0.2, 0.25) is 0 Å². The molecular formula is C30H23P. The molecule has 31 heavy (non-hydrogen) atoms. The minimum Gasteiger partial charge on any atom is -0.0947 e. The van der Waals surface area contributed by atoms with Crippen LogP contribution in [-0.2, 0) is 0 Å². The summed E-state index contributed by atoms with van der Waals surface area (Å²) in [6, 6.07) is 43.2. The lowest BCUT2D eigenvalue weighted by molar-refractivity contribution is 1.61. The molecule has 0 aliphatic carbocycles. The molecule has 5 rings (SSSR count). The maximum atomic E-state index is 4.31. The second-order valence-electron chi connectivity index (χ2n) is 7.46. The molecule has 0 radical (unpaired) electrons. The summed E-state index contributed by atoms with van der Waals surface area (Å²) in [7, 11) is -0.725. The molecule has 0 spiro atoms. The Balaban J connectivity index is 1.98. The molecule has 0 unspecified atom stereocenters. The molecule has 1 heteroatoms. The summed E-state index contributed by atoms with van der Waals surface area (Å²) in [4.78, 5) is 0. The quantitative estimate of drug-likeness (QED) is 0.269. The Hall–Kier alpha value is -3.60. The van der Waals surface area contributed by atoms with E-state index < -0.39 is 7.53 Å². The summed E-state index contributed by atoms with van der Waals surface area (Å²) in [5.74, 6) is 2.17. The summed E-state index contributed by atoms with van der Waals surface area (Å²) in [5.41, 5.74) is 7.69. The molecule has 0 saturated heterocycles. The summed E-state index contributed by atoms with van der Waals surface area (Å²) < 4.78 is 0. The maximum absolute atomic E-state index is 4.31. The van der Waals surface area contributed by atoms with Crippen molar-refractivity contribution < 1.29 is 0 Å². The minimum atomic E-state index is -0.725. The van der Waals surface area contributed by atoms with Gasteiger partial charge in [-0.15, -0.1) is 0 Å². The predicted molar refractivity (Wildman–Crippen MR) is 137 cm³/mol.